The topological polar surface area (TPSA) is 147 Å². The molecule has 0 spiro atoms. The summed E-state index contributed by atoms with van der Waals surface area (Å²) in [5.41, 5.74) is 5.56. The van der Waals surface area contributed by atoms with Crippen LogP contribution in [-0.2, 0) is 9.53 Å². The number of nitrogens with zero attached hydrogens (tertiary/aromatic N) is 4. The second-order valence-electron chi connectivity index (χ2n) is 8.71. The maximum atomic E-state index is 12.4. The molecule has 0 bridgehead atoms. The van der Waals surface area contributed by atoms with Crippen molar-refractivity contribution in [3.63, 3.8) is 0 Å². The van der Waals surface area contributed by atoms with E-state index in [0.29, 0.717) is 35.7 Å². The fraction of sp³-hybridized carbons (Fsp3) is 0.435. The third kappa shape index (κ3) is 8.89. The molecule has 0 aliphatic heterocycles. The fourth-order valence-electron chi connectivity index (χ4n) is 2.70. The Balaban J connectivity index is 1.87. The molecule has 0 fully saturated rings. The van der Waals surface area contributed by atoms with Gasteiger partial charge in [-0.15, -0.1) is 0 Å². The number of nitrogens with one attached hydrogen (secondary N) is 3. The molecule has 35 heavy (non-hydrogen) atoms. The highest BCUT2D eigenvalue weighted by atomic mass is 32.1. The van der Waals surface area contributed by atoms with E-state index in [4.69, 9.17) is 10.5 Å². The zero-order chi connectivity index (χ0) is 26.2. The molecule has 0 aliphatic carbocycles. The molecule has 0 aliphatic rings. The summed E-state index contributed by atoms with van der Waals surface area (Å²) in [5, 5.41) is 9.79. The van der Waals surface area contributed by atoms with Gasteiger partial charge in [0.05, 0.1) is 4.88 Å². The molecule has 5 N–H and O–H groups in total. The van der Waals surface area contributed by atoms with Crippen LogP contribution in [0.3, 0.4) is 0 Å². The highest BCUT2D eigenvalue weighted by Gasteiger charge is 2.26. The summed E-state index contributed by atoms with van der Waals surface area (Å²) < 4.78 is 5.30. The number of anilines is 3. The number of hydrogen-bond donors (Lipinski definition) is 4. The molecule has 2 heterocycles. The number of allylic oxidation sites excluding steroid dienone is 2. The van der Waals surface area contributed by atoms with Crippen LogP contribution in [0.15, 0.2) is 31.1 Å². The van der Waals surface area contributed by atoms with Crippen molar-refractivity contribution in [3.05, 3.63) is 41.8 Å². The average Bonchev–Trinajstić information content (AvgIpc) is 3.22. The highest BCUT2D eigenvalue weighted by Crippen LogP contribution is 2.27. The Morgan fingerprint density at radius 2 is 1.97 bits per heavy atom. The van der Waals surface area contributed by atoms with Crippen molar-refractivity contribution in [2.24, 2.45) is 5.73 Å². The quantitative estimate of drug-likeness (QED) is 0.284. The van der Waals surface area contributed by atoms with Gasteiger partial charge in [0.15, 0.2) is 5.13 Å². The summed E-state index contributed by atoms with van der Waals surface area (Å²) >= 11 is 1.43. The minimum atomic E-state index is -0.679. The number of thiazole rings is 1. The summed E-state index contributed by atoms with van der Waals surface area (Å²) in [4.78, 5) is 39.8. The first-order chi connectivity index (χ1) is 16.4. The summed E-state index contributed by atoms with van der Waals surface area (Å²) in [6, 6.07) is 1.07. The molecule has 0 unspecified atom stereocenters. The van der Waals surface area contributed by atoms with Gasteiger partial charge in [-0.05, 0) is 52.5 Å². The number of nitrogens with two attached hydrogens (primary N) is 1. The standard InChI is InChI=1S/C23H34N8O3S/c1-14(8-9-24)17-13-27-21(35-17)30-19-12-18(28-16(3)29-19)25-10-11-26-20(32)15(2)31(7)22(33)34-23(4,5)6/h8-9,12-13,15H,1,10-11,24H2,2-7H3,(H,26,32)(H2,25,27,28,29,30)/b9-8-/t15-/m0/s1. The molecule has 1 atom stereocenters. The fourth-order valence-corrected chi connectivity index (χ4v) is 3.48. The number of carbonyl (C=O) groups is 2. The first-order valence-electron chi connectivity index (χ1n) is 11.0. The zero-order valence-corrected chi connectivity index (χ0v) is 21.8. The molecular formula is C23H34N8O3S. The van der Waals surface area contributed by atoms with E-state index in [9.17, 15) is 9.59 Å². The van der Waals surface area contributed by atoms with Crippen molar-refractivity contribution in [1.29, 1.82) is 0 Å². The van der Waals surface area contributed by atoms with Crippen molar-refractivity contribution in [2.75, 3.05) is 30.8 Å². The minimum absolute atomic E-state index is 0.285. The lowest BCUT2D eigenvalue weighted by molar-refractivity contribution is -0.125. The first-order valence-corrected chi connectivity index (χ1v) is 11.8. The van der Waals surface area contributed by atoms with Crippen LogP contribution in [0.1, 0.15) is 38.4 Å². The Hall–Kier alpha value is -3.67. The second kappa shape index (κ2) is 12.2. The van der Waals surface area contributed by atoms with Crippen LogP contribution < -0.4 is 21.7 Å². The van der Waals surface area contributed by atoms with Crippen molar-refractivity contribution < 1.29 is 14.3 Å². The molecule has 2 aromatic rings. The van der Waals surface area contributed by atoms with Gasteiger partial charge >= 0.3 is 6.09 Å². The number of ether oxygens (including phenoxy) is 1. The monoisotopic (exact) mass is 502 g/mol. The van der Waals surface area contributed by atoms with Crippen molar-refractivity contribution in [1.82, 2.24) is 25.2 Å². The van der Waals surface area contributed by atoms with Gasteiger partial charge in [0, 0.05) is 32.4 Å². The number of carbonyl (C=O) groups excluding carboxylic acids is 2. The van der Waals surface area contributed by atoms with Crippen LogP contribution in [0.25, 0.3) is 5.57 Å². The number of aromatic nitrogens is 3. The van der Waals surface area contributed by atoms with Crippen LogP contribution in [-0.4, -0.2) is 63.6 Å². The van der Waals surface area contributed by atoms with Gasteiger partial charge in [-0.25, -0.2) is 19.7 Å². The number of aryl methyl sites for hydroxylation is 1. The summed E-state index contributed by atoms with van der Waals surface area (Å²) in [7, 11) is 1.53. The molecule has 2 aromatic heterocycles. The summed E-state index contributed by atoms with van der Waals surface area (Å²) in [6.07, 6.45) is 4.31. The third-order valence-corrected chi connectivity index (χ3v) is 5.55. The molecule has 190 valence electrons. The van der Waals surface area contributed by atoms with Gasteiger partial charge in [0.25, 0.3) is 0 Å². The summed E-state index contributed by atoms with van der Waals surface area (Å²) in [6.45, 7) is 13.5. The Bertz CT molecular complexity index is 1080. The number of hydrogen-bond acceptors (Lipinski definition) is 10. The van der Waals surface area contributed by atoms with Crippen LogP contribution in [0.2, 0.25) is 0 Å². The molecule has 0 saturated heterocycles. The molecule has 0 aromatic carbocycles. The van der Waals surface area contributed by atoms with Gasteiger partial charge in [0.1, 0.15) is 29.1 Å². The van der Waals surface area contributed by atoms with Crippen LogP contribution in [0.4, 0.5) is 21.6 Å². The number of amides is 2. The maximum Gasteiger partial charge on any atom is 0.410 e. The maximum absolute atomic E-state index is 12.4. The summed E-state index contributed by atoms with van der Waals surface area (Å²) in [5.74, 6) is 1.46. The van der Waals surface area contributed by atoms with E-state index in [0.717, 1.165) is 10.5 Å². The van der Waals surface area contributed by atoms with Gasteiger partial charge in [-0.2, -0.15) is 0 Å². The van der Waals surface area contributed by atoms with Crippen LogP contribution in [0.5, 0.6) is 0 Å². The lowest BCUT2D eigenvalue weighted by Crippen LogP contribution is -2.48. The van der Waals surface area contributed by atoms with Crippen LogP contribution in [0, 0.1) is 6.92 Å². The Morgan fingerprint density at radius 1 is 1.29 bits per heavy atom. The molecule has 12 heteroatoms. The molecule has 2 rings (SSSR count). The molecule has 0 radical (unpaired) electrons. The molecule has 2 amide bonds. The molecular weight excluding hydrogens is 468 g/mol. The van der Waals surface area contributed by atoms with Gasteiger partial charge in [-0.3, -0.25) is 9.69 Å². The van der Waals surface area contributed by atoms with Crippen molar-refractivity contribution >= 4 is 45.7 Å². The lowest BCUT2D eigenvalue weighted by atomic mass is 10.2. The van der Waals surface area contributed by atoms with Gasteiger partial charge in [0.2, 0.25) is 5.91 Å². The first kappa shape index (κ1) is 27.6. The van der Waals surface area contributed by atoms with Crippen molar-refractivity contribution in [3.8, 4) is 0 Å². The van der Waals surface area contributed by atoms with Crippen LogP contribution >= 0.6 is 11.3 Å². The normalized spacial score (nSPS) is 12.2. The van der Waals surface area contributed by atoms with E-state index >= 15 is 0 Å². The van der Waals surface area contributed by atoms with E-state index in [1.807, 2.05) is 0 Å². The van der Waals surface area contributed by atoms with E-state index in [-0.39, 0.29) is 5.91 Å². The third-order valence-electron chi connectivity index (χ3n) is 4.56. The Kier molecular flexibility index (Phi) is 9.58. The van der Waals surface area contributed by atoms with E-state index < -0.39 is 17.7 Å². The minimum Gasteiger partial charge on any atom is -0.444 e. The Morgan fingerprint density at radius 3 is 2.63 bits per heavy atom. The molecule has 11 nitrogen and oxygen atoms in total. The molecule has 0 saturated carbocycles. The van der Waals surface area contributed by atoms with E-state index in [1.165, 1.54) is 29.5 Å². The number of rotatable bonds is 10. The lowest BCUT2D eigenvalue weighted by Gasteiger charge is -2.28. The predicted molar refractivity (Wildman–Crippen MR) is 139 cm³/mol. The second-order valence-corrected chi connectivity index (χ2v) is 9.74. The Labute approximate surface area is 209 Å². The highest BCUT2D eigenvalue weighted by molar-refractivity contribution is 7.16. The largest absolute Gasteiger partial charge is 0.444 e. The van der Waals surface area contributed by atoms with E-state index in [1.54, 1.807) is 53.0 Å². The van der Waals surface area contributed by atoms with E-state index in [2.05, 4.69) is 37.5 Å². The number of likely N-dealkylation sites (N-methyl/N-ethyl adjacent to an activating group) is 1. The predicted octanol–water partition coefficient (Wildman–Crippen LogP) is 3.25. The van der Waals surface area contributed by atoms with Gasteiger partial charge in [-0.1, -0.05) is 17.9 Å². The zero-order valence-electron chi connectivity index (χ0n) is 21.0. The smallest absolute Gasteiger partial charge is 0.410 e. The van der Waals surface area contributed by atoms with Crippen molar-refractivity contribution in [2.45, 2.75) is 46.3 Å². The average molecular weight is 503 g/mol. The SMILES string of the molecule is C=C(/C=C\N)c1cnc(Nc2cc(NCCNC(=O)[C@H](C)N(C)C(=O)OC(C)(C)C)nc(C)n2)s1. The van der Waals surface area contributed by atoms with Gasteiger partial charge < -0.3 is 26.4 Å².